The summed E-state index contributed by atoms with van der Waals surface area (Å²) in [4.78, 5) is 48.6. The Kier molecular flexibility index (Phi) is 6.96. The van der Waals surface area contributed by atoms with Crippen molar-refractivity contribution in [1.82, 2.24) is 14.9 Å². The van der Waals surface area contributed by atoms with Crippen LogP contribution in [0.25, 0.3) is 0 Å². The van der Waals surface area contributed by atoms with Crippen LogP contribution in [-0.2, 0) is 4.79 Å². The van der Waals surface area contributed by atoms with Gasteiger partial charge < -0.3 is 15.5 Å². The summed E-state index contributed by atoms with van der Waals surface area (Å²) in [6.07, 6.45) is 5.89. The zero-order chi connectivity index (χ0) is 24.1. The molecule has 0 spiro atoms. The van der Waals surface area contributed by atoms with E-state index in [0.29, 0.717) is 48.6 Å². The van der Waals surface area contributed by atoms with E-state index >= 15 is 0 Å². The van der Waals surface area contributed by atoms with Crippen molar-refractivity contribution < 1.29 is 14.4 Å². The lowest BCUT2D eigenvalue weighted by Gasteiger charge is -2.32. The summed E-state index contributed by atoms with van der Waals surface area (Å²) in [6, 6.07) is 12.3. The Morgan fingerprint density at radius 3 is 2.38 bits per heavy atom. The topological polar surface area (TPSA) is 104 Å². The first-order valence-electron chi connectivity index (χ1n) is 11.3. The molecule has 8 heteroatoms. The van der Waals surface area contributed by atoms with Crippen molar-refractivity contribution in [2.45, 2.75) is 26.7 Å². The lowest BCUT2D eigenvalue weighted by Crippen LogP contribution is -2.41. The highest BCUT2D eigenvalue weighted by molar-refractivity contribution is 6.09. The van der Waals surface area contributed by atoms with Crippen molar-refractivity contribution in [3.8, 4) is 0 Å². The minimum absolute atomic E-state index is 0.0777. The van der Waals surface area contributed by atoms with Gasteiger partial charge in [-0.3, -0.25) is 19.4 Å². The van der Waals surface area contributed by atoms with E-state index in [1.165, 1.54) is 0 Å². The molecule has 0 radical (unpaired) electrons. The molecule has 3 amide bonds. The van der Waals surface area contributed by atoms with Gasteiger partial charge in [-0.15, -0.1) is 0 Å². The van der Waals surface area contributed by atoms with Gasteiger partial charge >= 0.3 is 0 Å². The summed E-state index contributed by atoms with van der Waals surface area (Å²) in [7, 11) is 0. The van der Waals surface area contributed by atoms with Gasteiger partial charge in [0.15, 0.2) is 0 Å². The maximum absolute atomic E-state index is 13.3. The average Bonchev–Trinajstić information content (AvgIpc) is 2.85. The first-order chi connectivity index (χ1) is 16.4. The van der Waals surface area contributed by atoms with Gasteiger partial charge in [-0.2, -0.15) is 0 Å². The zero-order valence-corrected chi connectivity index (χ0v) is 19.2. The van der Waals surface area contributed by atoms with E-state index in [4.69, 9.17) is 0 Å². The second-order valence-corrected chi connectivity index (χ2v) is 8.46. The van der Waals surface area contributed by atoms with Crippen LogP contribution in [0.5, 0.6) is 0 Å². The molecule has 0 aliphatic carbocycles. The zero-order valence-electron chi connectivity index (χ0n) is 19.2. The summed E-state index contributed by atoms with van der Waals surface area (Å²) in [5.74, 6) is -0.183. The SMILES string of the molecule is Cc1ccnc(NC(=O)C2CCN(C(=O)c3cccc(C)c3NC(=O)c3ccncc3)CC2)c1. The third-order valence-electron chi connectivity index (χ3n) is 6.00. The molecule has 0 unspecified atom stereocenters. The molecule has 0 atom stereocenters. The number of hydrogen-bond donors (Lipinski definition) is 2. The molecular formula is C26H27N5O3. The summed E-state index contributed by atoms with van der Waals surface area (Å²) in [5.41, 5.74) is 3.23. The Labute approximate surface area is 198 Å². The maximum atomic E-state index is 13.3. The second kappa shape index (κ2) is 10.2. The standard InChI is InChI=1S/C26H27N5O3/c1-17-6-13-28-22(16-17)29-24(32)20-9-14-31(15-10-20)26(34)21-5-3-4-18(2)23(21)30-25(33)19-7-11-27-12-8-19/h3-8,11-13,16,20H,9-10,14-15H2,1-2H3,(H,30,33)(H,28,29,32). The number of hydrogen-bond acceptors (Lipinski definition) is 5. The van der Waals surface area contributed by atoms with E-state index < -0.39 is 0 Å². The van der Waals surface area contributed by atoms with Gasteiger partial charge in [-0.05, 0) is 68.1 Å². The summed E-state index contributed by atoms with van der Waals surface area (Å²) in [5, 5.41) is 5.77. The smallest absolute Gasteiger partial charge is 0.255 e. The van der Waals surface area contributed by atoms with Crippen LogP contribution in [0.4, 0.5) is 11.5 Å². The fourth-order valence-electron chi connectivity index (χ4n) is 4.05. The number of pyridine rings is 2. The van der Waals surface area contributed by atoms with Gasteiger partial charge in [0.1, 0.15) is 5.82 Å². The minimum Gasteiger partial charge on any atom is -0.339 e. The van der Waals surface area contributed by atoms with Crippen molar-refractivity contribution in [1.29, 1.82) is 0 Å². The quantitative estimate of drug-likeness (QED) is 0.606. The Morgan fingerprint density at radius 1 is 0.941 bits per heavy atom. The Hall–Kier alpha value is -4.07. The number of amides is 3. The summed E-state index contributed by atoms with van der Waals surface area (Å²) in [6.45, 7) is 4.73. The molecule has 174 valence electrons. The number of aromatic nitrogens is 2. The Morgan fingerprint density at radius 2 is 1.68 bits per heavy atom. The number of nitrogens with zero attached hydrogens (tertiary/aromatic N) is 3. The van der Waals surface area contributed by atoms with Gasteiger partial charge in [0.05, 0.1) is 11.3 Å². The van der Waals surface area contributed by atoms with Gasteiger partial charge in [0.2, 0.25) is 5.91 Å². The molecule has 0 bridgehead atoms. The first kappa shape index (κ1) is 23.1. The molecule has 2 N–H and O–H groups in total. The van der Waals surface area contributed by atoms with Crippen LogP contribution in [0.1, 0.15) is 44.7 Å². The highest BCUT2D eigenvalue weighted by Crippen LogP contribution is 2.26. The molecule has 0 saturated carbocycles. The molecule has 1 aliphatic heterocycles. The van der Waals surface area contributed by atoms with Gasteiger partial charge in [0.25, 0.3) is 11.8 Å². The number of carbonyl (C=O) groups is 3. The molecule has 3 heterocycles. The number of benzene rings is 1. The summed E-state index contributed by atoms with van der Waals surface area (Å²) < 4.78 is 0. The molecule has 1 aromatic carbocycles. The lowest BCUT2D eigenvalue weighted by atomic mass is 9.95. The fraction of sp³-hybridized carbons (Fsp3) is 0.269. The highest BCUT2D eigenvalue weighted by atomic mass is 16.2. The monoisotopic (exact) mass is 457 g/mol. The lowest BCUT2D eigenvalue weighted by molar-refractivity contribution is -0.121. The van der Waals surface area contributed by atoms with E-state index in [1.54, 1.807) is 47.8 Å². The van der Waals surface area contributed by atoms with Crippen LogP contribution < -0.4 is 10.6 Å². The number of piperidine rings is 1. The molecule has 1 saturated heterocycles. The fourth-order valence-corrected chi connectivity index (χ4v) is 4.05. The predicted octanol–water partition coefficient (Wildman–Crippen LogP) is 3.84. The molecular weight excluding hydrogens is 430 g/mol. The van der Waals surface area contributed by atoms with Crippen LogP contribution in [-0.4, -0.2) is 45.7 Å². The van der Waals surface area contributed by atoms with E-state index in [-0.39, 0.29) is 23.6 Å². The number of aryl methyl sites for hydroxylation is 2. The second-order valence-electron chi connectivity index (χ2n) is 8.46. The van der Waals surface area contributed by atoms with Crippen LogP contribution in [0.2, 0.25) is 0 Å². The van der Waals surface area contributed by atoms with Crippen molar-refractivity contribution in [2.24, 2.45) is 5.92 Å². The Balaban J connectivity index is 1.41. The third-order valence-corrected chi connectivity index (χ3v) is 6.00. The predicted molar refractivity (Wildman–Crippen MR) is 130 cm³/mol. The number of carbonyl (C=O) groups excluding carboxylic acids is 3. The van der Waals surface area contributed by atoms with Crippen LogP contribution in [0.15, 0.2) is 61.1 Å². The molecule has 34 heavy (non-hydrogen) atoms. The van der Waals surface area contributed by atoms with Crippen molar-refractivity contribution in [3.05, 3.63) is 83.3 Å². The third kappa shape index (κ3) is 5.28. The molecule has 8 nitrogen and oxygen atoms in total. The normalized spacial score (nSPS) is 13.9. The number of para-hydroxylation sites is 1. The molecule has 1 aliphatic rings. The van der Waals surface area contributed by atoms with Crippen LogP contribution >= 0.6 is 0 Å². The Bertz CT molecular complexity index is 1200. The molecule has 3 aromatic rings. The number of nitrogens with one attached hydrogen (secondary N) is 2. The molecule has 2 aromatic heterocycles. The first-order valence-corrected chi connectivity index (χ1v) is 11.3. The van der Waals surface area contributed by atoms with Gasteiger partial charge in [-0.25, -0.2) is 4.98 Å². The van der Waals surface area contributed by atoms with E-state index in [0.717, 1.165) is 11.1 Å². The van der Waals surface area contributed by atoms with Crippen molar-refractivity contribution in [3.63, 3.8) is 0 Å². The van der Waals surface area contributed by atoms with E-state index in [2.05, 4.69) is 20.6 Å². The molecule has 4 rings (SSSR count). The van der Waals surface area contributed by atoms with Crippen molar-refractivity contribution >= 4 is 29.2 Å². The van der Waals surface area contributed by atoms with Crippen LogP contribution in [0, 0.1) is 19.8 Å². The van der Waals surface area contributed by atoms with Crippen LogP contribution in [0.3, 0.4) is 0 Å². The maximum Gasteiger partial charge on any atom is 0.255 e. The average molecular weight is 458 g/mol. The number of rotatable bonds is 5. The molecule has 1 fully saturated rings. The largest absolute Gasteiger partial charge is 0.339 e. The summed E-state index contributed by atoms with van der Waals surface area (Å²) >= 11 is 0. The number of anilines is 2. The van der Waals surface area contributed by atoms with E-state index in [1.807, 2.05) is 32.0 Å². The van der Waals surface area contributed by atoms with Gasteiger partial charge in [0, 0.05) is 43.2 Å². The number of likely N-dealkylation sites (tertiary alicyclic amines) is 1. The highest BCUT2D eigenvalue weighted by Gasteiger charge is 2.29. The van der Waals surface area contributed by atoms with Gasteiger partial charge in [-0.1, -0.05) is 12.1 Å². The minimum atomic E-state index is -0.300. The van der Waals surface area contributed by atoms with Crippen molar-refractivity contribution in [2.75, 3.05) is 23.7 Å². The van der Waals surface area contributed by atoms with E-state index in [9.17, 15) is 14.4 Å².